The number of ether oxygens (including phenoxy) is 2. The van der Waals surface area contributed by atoms with Crippen molar-refractivity contribution < 1.29 is 19.4 Å². The van der Waals surface area contributed by atoms with Crippen LogP contribution in [-0.4, -0.2) is 42.2 Å². The number of aliphatic hydroxyl groups is 1. The van der Waals surface area contributed by atoms with Crippen LogP contribution in [-0.2, 0) is 16.0 Å². The Hall–Kier alpha value is -3.65. The summed E-state index contributed by atoms with van der Waals surface area (Å²) in [6.45, 7) is 4.93. The molecule has 0 aliphatic carbocycles. The summed E-state index contributed by atoms with van der Waals surface area (Å²) in [5.74, 6) is 0.751. The van der Waals surface area contributed by atoms with E-state index < -0.39 is 11.6 Å². The molecule has 1 amide bonds. The lowest BCUT2D eigenvalue weighted by molar-refractivity contribution is -0.129. The fourth-order valence-corrected chi connectivity index (χ4v) is 4.40. The number of amides is 1. The van der Waals surface area contributed by atoms with Crippen molar-refractivity contribution in [1.82, 2.24) is 10.9 Å². The molecule has 1 aliphatic heterocycles. The lowest BCUT2D eigenvalue weighted by Gasteiger charge is -2.29. The van der Waals surface area contributed by atoms with Crippen LogP contribution < -0.4 is 15.6 Å². The number of rotatable bonds is 13. The second-order valence-corrected chi connectivity index (χ2v) is 9.39. The smallest absolute Gasteiger partial charge is 0.266 e. The number of carbonyl (C=O) groups excluding carboxylic acids is 1. The Morgan fingerprint density at radius 1 is 1.11 bits per heavy atom. The quantitative estimate of drug-likeness (QED) is 0.167. The summed E-state index contributed by atoms with van der Waals surface area (Å²) in [7, 11) is 0. The van der Waals surface area contributed by atoms with Crippen molar-refractivity contribution in [2.75, 3.05) is 19.8 Å². The predicted octanol–water partition coefficient (Wildman–Crippen LogP) is 4.80. The molecule has 38 heavy (non-hydrogen) atoms. The van der Waals surface area contributed by atoms with E-state index in [1.807, 2.05) is 78.9 Å². The second-order valence-electron chi connectivity index (χ2n) is 8.95. The summed E-state index contributed by atoms with van der Waals surface area (Å²) >= 11 is 5.97. The number of hydrogen-bond donors (Lipinski definition) is 3. The number of nitrogens with one attached hydrogen (secondary N) is 2. The van der Waals surface area contributed by atoms with E-state index in [9.17, 15) is 4.79 Å². The van der Waals surface area contributed by atoms with E-state index in [0.29, 0.717) is 42.7 Å². The van der Waals surface area contributed by atoms with E-state index in [-0.39, 0.29) is 18.9 Å². The van der Waals surface area contributed by atoms with Gasteiger partial charge in [-0.15, -0.1) is 6.58 Å². The molecular weight excluding hydrogens is 502 g/mol. The van der Waals surface area contributed by atoms with Crippen LogP contribution in [0, 0.1) is 0 Å². The van der Waals surface area contributed by atoms with Crippen LogP contribution in [0.5, 0.6) is 5.75 Å². The molecule has 4 rings (SSSR count). The Balaban J connectivity index is 1.54. The molecule has 0 radical (unpaired) electrons. The van der Waals surface area contributed by atoms with E-state index in [1.165, 1.54) is 0 Å². The van der Waals surface area contributed by atoms with Crippen molar-refractivity contribution in [2.24, 2.45) is 4.99 Å². The highest BCUT2D eigenvalue weighted by Gasteiger charge is 2.52. The Morgan fingerprint density at radius 3 is 2.53 bits per heavy atom. The van der Waals surface area contributed by atoms with Crippen LogP contribution in [0.1, 0.15) is 35.6 Å². The number of hydrogen-bond acceptors (Lipinski definition) is 6. The van der Waals surface area contributed by atoms with Gasteiger partial charge in [0, 0.05) is 36.6 Å². The maximum absolute atomic E-state index is 13.7. The molecule has 3 N–H and O–H groups in total. The van der Waals surface area contributed by atoms with Crippen molar-refractivity contribution in [3.8, 4) is 5.75 Å². The van der Waals surface area contributed by atoms with Crippen molar-refractivity contribution in [3.05, 3.63) is 113 Å². The molecule has 3 aromatic rings. The van der Waals surface area contributed by atoms with Gasteiger partial charge in [0.25, 0.3) is 5.91 Å². The minimum absolute atomic E-state index is 0.0764. The molecule has 0 saturated heterocycles. The van der Waals surface area contributed by atoms with E-state index in [2.05, 4.69) is 17.4 Å². The zero-order valence-corrected chi connectivity index (χ0v) is 21.9. The Kier molecular flexibility index (Phi) is 9.54. The minimum atomic E-state index is -1.25. The summed E-state index contributed by atoms with van der Waals surface area (Å²) in [5, 5.41) is 9.64. The minimum Gasteiger partial charge on any atom is -0.494 e. The predicted molar refractivity (Wildman–Crippen MR) is 149 cm³/mol. The van der Waals surface area contributed by atoms with Gasteiger partial charge in [-0.2, -0.15) is 0 Å². The van der Waals surface area contributed by atoms with Crippen LogP contribution >= 0.6 is 11.6 Å². The van der Waals surface area contributed by atoms with Crippen LogP contribution in [0.15, 0.2) is 96.5 Å². The number of benzene rings is 3. The zero-order chi connectivity index (χ0) is 26.8. The third kappa shape index (κ3) is 6.61. The van der Waals surface area contributed by atoms with Gasteiger partial charge in [0.15, 0.2) is 11.6 Å². The molecule has 0 fully saturated rings. The topological polar surface area (TPSA) is 92.2 Å². The monoisotopic (exact) mass is 533 g/mol. The maximum atomic E-state index is 13.7. The summed E-state index contributed by atoms with van der Waals surface area (Å²) in [5.41, 5.74) is 7.32. The molecule has 1 aliphatic rings. The molecule has 0 saturated carbocycles. The molecule has 0 unspecified atom stereocenters. The highest BCUT2D eigenvalue weighted by molar-refractivity contribution is 6.30. The molecule has 0 bridgehead atoms. The fourth-order valence-electron chi connectivity index (χ4n) is 4.27. The van der Waals surface area contributed by atoms with Crippen LogP contribution in [0.25, 0.3) is 0 Å². The Bertz CT molecular complexity index is 1230. The lowest BCUT2D eigenvalue weighted by Crippen LogP contribution is -2.52. The molecule has 3 aromatic carbocycles. The molecule has 198 valence electrons. The highest BCUT2D eigenvalue weighted by atomic mass is 35.5. The summed E-state index contributed by atoms with van der Waals surface area (Å²) < 4.78 is 12.0. The lowest BCUT2D eigenvalue weighted by atomic mass is 9.84. The van der Waals surface area contributed by atoms with Crippen molar-refractivity contribution in [3.63, 3.8) is 0 Å². The highest BCUT2D eigenvalue weighted by Crippen LogP contribution is 2.42. The number of aliphatic imine (C=N–C) groups is 1. The maximum Gasteiger partial charge on any atom is 0.266 e. The third-order valence-electron chi connectivity index (χ3n) is 6.24. The van der Waals surface area contributed by atoms with Gasteiger partial charge in [0.1, 0.15) is 5.75 Å². The van der Waals surface area contributed by atoms with Gasteiger partial charge in [-0.25, -0.2) is 10.4 Å². The summed E-state index contributed by atoms with van der Waals surface area (Å²) in [6, 6.07) is 24.6. The van der Waals surface area contributed by atoms with Gasteiger partial charge in [0.2, 0.25) is 5.90 Å². The summed E-state index contributed by atoms with van der Waals surface area (Å²) in [6.07, 6.45) is 2.60. The normalized spacial score (nSPS) is 18.4. The number of carbonyl (C=O) groups is 1. The zero-order valence-electron chi connectivity index (χ0n) is 21.1. The SMILES string of the molecule is C=CC[C@]1(C(=O)NNCCc2ccc(Cl)cc2)N=C(c2ccc(OCCCO)cc2)O[C@H]1c1ccccc1. The van der Waals surface area contributed by atoms with Crippen molar-refractivity contribution >= 4 is 23.4 Å². The number of nitrogens with zero attached hydrogens (tertiary/aromatic N) is 1. The first-order valence-electron chi connectivity index (χ1n) is 12.6. The van der Waals surface area contributed by atoms with E-state index in [1.54, 1.807) is 6.08 Å². The molecule has 1 heterocycles. The van der Waals surface area contributed by atoms with Crippen LogP contribution in [0.4, 0.5) is 0 Å². The largest absolute Gasteiger partial charge is 0.494 e. The van der Waals surface area contributed by atoms with Gasteiger partial charge in [-0.3, -0.25) is 10.2 Å². The van der Waals surface area contributed by atoms with E-state index in [4.69, 9.17) is 31.2 Å². The molecule has 8 heteroatoms. The van der Waals surface area contributed by atoms with Crippen molar-refractivity contribution in [2.45, 2.75) is 30.9 Å². The Labute approximate surface area is 228 Å². The first-order chi connectivity index (χ1) is 18.6. The molecule has 2 atom stereocenters. The fraction of sp³-hybridized carbons (Fsp3) is 0.267. The molecule has 0 spiro atoms. The van der Waals surface area contributed by atoms with Gasteiger partial charge in [-0.05, 0) is 53.9 Å². The van der Waals surface area contributed by atoms with E-state index in [0.717, 1.165) is 16.7 Å². The summed E-state index contributed by atoms with van der Waals surface area (Å²) in [4.78, 5) is 18.6. The van der Waals surface area contributed by atoms with Gasteiger partial charge in [-0.1, -0.05) is 60.1 Å². The van der Waals surface area contributed by atoms with Crippen molar-refractivity contribution in [1.29, 1.82) is 0 Å². The second kappa shape index (κ2) is 13.2. The average Bonchev–Trinajstić information content (AvgIpc) is 3.34. The van der Waals surface area contributed by atoms with Gasteiger partial charge < -0.3 is 14.6 Å². The van der Waals surface area contributed by atoms with Crippen LogP contribution in [0.2, 0.25) is 5.02 Å². The van der Waals surface area contributed by atoms with Crippen LogP contribution in [0.3, 0.4) is 0 Å². The number of halogens is 1. The van der Waals surface area contributed by atoms with Gasteiger partial charge >= 0.3 is 0 Å². The number of aliphatic hydroxyl groups excluding tert-OH is 1. The Morgan fingerprint density at radius 2 is 1.84 bits per heavy atom. The molecule has 7 nitrogen and oxygen atoms in total. The third-order valence-corrected chi connectivity index (χ3v) is 6.49. The first kappa shape index (κ1) is 27.4. The van der Waals surface area contributed by atoms with Gasteiger partial charge in [0.05, 0.1) is 6.61 Å². The molecule has 0 aromatic heterocycles. The average molecular weight is 534 g/mol. The molecular formula is C30H32ClN3O4. The first-order valence-corrected chi connectivity index (χ1v) is 13.0. The standard InChI is InChI=1S/C30H32ClN3O4/c1-2-18-30(29(36)34-32-19-17-22-9-13-25(31)14-10-22)27(23-7-4-3-5-8-23)38-28(33-30)24-11-15-26(16-12-24)37-21-6-20-35/h2-5,7-16,27,32,35H,1,6,17-21H2,(H,34,36)/t27-,30-/m0/s1. The number of hydrazine groups is 1. The van der Waals surface area contributed by atoms with E-state index >= 15 is 0 Å².